The number of carbonyl (C=O) groups is 1. The van der Waals surface area contributed by atoms with Gasteiger partial charge in [-0.25, -0.2) is 4.98 Å². The van der Waals surface area contributed by atoms with E-state index in [4.69, 9.17) is 0 Å². The van der Waals surface area contributed by atoms with Gasteiger partial charge in [0.25, 0.3) is 11.5 Å². The van der Waals surface area contributed by atoms with Gasteiger partial charge in [-0.1, -0.05) is 18.9 Å². The van der Waals surface area contributed by atoms with Gasteiger partial charge in [-0.15, -0.1) is 0 Å². The number of pyridine rings is 1. The summed E-state index contributed by atoms with van der Waals surface area (Å²) in [6.45, 7) is 0. The van der Waals surface area contributed by atoms with E-state index in [0.29, 0.717) is 22.4 Å². The molecular formula is C17H18N4O2. The SMILES string of the molecule is Cn1c(C(=O)NC2CCCC2)cc2c(=O)n3ccccc3nc21. The van der Waals surface area contributed by atoms with E-state index in [2.05, 4.69) is 10.3 Å². The highest BCUT2D eigenvalue weighted by Crippen LogP contribution is 2.19. The molecule has 6 heteroatoms. The van der Waals surface area contributed by atoms with Gasteiger partial charge in [0.05, 0.1) is 5.39 Å². The Balaban J connectivity index is 1.83. The van der Waals surface area contributed by atoms with Crippen molar-refractivity contribution in [3.63, 3.8) is 0 Å². The second-order valence-corrected chi connectivity index (χ2v) is 6.13. The largest absolute Gasteiger partial charge is 0.348 e. The number of aryl methyl sites for hydroxylation is 1. The first-order chi connectivity index (χ1) is 11.1. The Morgan fingerprint density at radius 3 is 2.87 bits per heavy atom. The molecular weight excluding hydrogens is 292 g/mol. The molecule has 23 heavy (non-hydrogen) atoms. The van der Waals surface area contributed by atoms with Crippen molar-refractivity contribution in [2.45, 2.75) is 31.7 Å². The van der Waals surface area contributed by atoms with Crippen LogP contribution >= 0.6 is 0 Å². The van der Waals surface area contributed by atoms with Crippen molar-refractivity contribution < 1.29 is 4.79 Å². The van der Waals surface area contributed by atoms with Crippen LogP contribution in [0.2, 0.25) is 0 Å². The van der Waals surface area contributed by atoms with Crippen LogP contribution in [0.25, 0.3) is 16.7 Å². The van der Waals surface area contributed by atoms with E-state index in [-0.39, 0.29) is 17.5 Å². The first kappa shape index (κ1) is 14.0. The van der Waals surface area contributed by atoms with Crippen molar-refractivity contribution >= 4 is 22.6 Å². The monoisotopic (exact) mass is 310 g/mol. The molecule has 6 nitrogen and oxygen atoms in total. The van der Waals surface area contributed by atoms with Crippen molar-refractivity contribution in [2.24, 2.45) is 7.05 Å². The summed E-state index contributed by atoms with van der Waals surface area (Å²) < 4.78 is 3.20. The van der Waals surface area contributed by atoms with Crippen molar-refractivity contribution in [3.8, 4) is 0 Å². The van der Waals surface area contributed by atoms with Crippen LogP contribution in [-0.2, 0) is 7.05 Å². The van der Waals surface area contributed by atoms with Crippen LogP contribution in [0.15, 0.2) is 35.3 Å². The number of nitrogens with zero attached hydrogens (tertiary/aromatic N) is 3. The second-order valence-electron chi connectivity index (χ2n) is 6.13. The Morgan fingerprint density at radius 2 is 2.09 bits per heavy atom. The van der Waals surface area contributed by atoms with Gasteiger partial charge < -0.3 is 9.88 Å². The molecule has 0 aromatic carbocycles. The van der Waals surface area contributed by atoms with Gasteiger partial charge in [0.15, 0.2) is 0 Å². The Kier molecular flexibility index (Phi) is 3.18. The number of aromatic nitrogens is 3. The summed E-state index contributed by atoms with van der Waals surface area (Å²) in [7, 11) is 1.78. The minimum atomic E-state index is -0.152. The van der Waals surface area contributed by atoms with Crippen molar-refractivity contribution in [1.82, 2.24) is 19.3 Å². The maximum atomic E-state index is 12.6. The fourth-order valence-corrected chi connectivity index (χ4v) is 3.37. The summed E-state index contributed by atoms with van der Waals surface area (Å²) in [4.78, 5) is 29.6. The van der Waals surface area contributed by atoms with Gasteiger partial charge in [0, 0.05) is 19.3 Å². The van der Waals surface area contributed by atoms with Gasteiger partial charge in [0.2, 0.25) is 0 Å². The Hall–Kier alpha value is -2.63. The van der Waals surface area contributed by atoms with Gasteiger partial charge in [-0.05, 0) is 31.0 Å². The fraction of sp³-hybridized carbons (Fsp3) is 0.353. The third-order valence-electron chi connectivity index (χ3n) is 4.63. The molecule has 0 saturated heterocycles. The van der Waals surface area contributed by atoms with E-state index in [1.807, 2.05) is 6.07 Å². The van der Waals surface area contributed by atoms with Gasteiger partial charge >= 0.3 is 0 Å². The van der Waals surface area contributed by atoms with Gasteiger partial charge in [-0.2, -0.15) is 0 Å². The molecule has 118 valence electrons. The number of amides is 1. The van der Waals surface area contributed by atoms with E-state index >= 15 is 0 Å². The molecule has 3 aromatic rings. The average molecular weight is 310 g/mol. The van der Waals surface area contributed by atoms with E-state index in [1.165, 1.54) is 4.40 Å². The van der Waals surface area contributed by atoms with Crippen LogP contribution < -0.4 is 10.9 Å². The molecule has 0 bridgehead atoms. The van der Waals surface area contributed by atoms with Crippen molar-refractivity contribution in [2.75, 3.05) is 0 Å². The molecule has 1 fully saturated rings. The predicted octanol–water partition coefficient (Wildman–Crippen LogP) is 1.86. The molecule has 1 N–H and O–H groups in total. The van der Waals surface area contributed by atoms with Crippen LogP contribution in [0, 0.1) is 0 Å². The van der Waals surface area contributed by atoms with E-state index < -0.39 is 0 Å². The third-order valence-corrected chi connectivity index (χ3v) is 4.63. The molecule has 1 saturated carbocycles. The number of nitrogens with one attached hydrogen (secondary N) is 1. The number of hydrogen-bond donors (Lipinski definition) is 1. The third kappa shape index (κ3) is 2.21. The number of fused-ring (bicyclic) bond motifs is 2. The molecule has 3 heterocycles. The van der Waals surface area contributed by atoms with Gasteiger partial charge in [0.1, 0.15) is 17.0 Å². The maximum Gasteiger partial charge on any atom is 0.268 e. The topological polar surface area (TPSA) is 68.4 Å². The first-order valence-electron chi connectivity index (χ1n) is 7.93. The summed E-state index contributed by atoms with van der Waals surface area (Å²) in [5.41, 5.74) is 1.44. The normalized spacial score (nSPS) is 15.5. The Morgan fingerprint density at radius 1 is 1.30 bits per heavy atom. The van der Waals surface area contributed by atoms with E-state index in [9.17, 15) is 9.59 Å². The summed E-state index contributed by atoms with van der Waals surface area (Å²) in [5, 5.41) is 3.53. The highest BCUT2D eigenvalue weighted by atomic mass is 16.2. The van der Waals surface area contributed by atoms with Gasteiger partial charge in [-0.3, -0.25) is 14.0 Å². The molecule has 1 aliphatic carbocycles. The van der Waals surface area contributed by atoms with Crippen LogP contribution in [-0.4, -0.2) is 25.9 Å². The van der Waals surface area contributed by atoms with Crippen LogP contribution in [0.1, 0.15) is 36.2 Å². The van der Waals surface area contributed by atoms with Crippen LogP contribution in [0.4, 0.5) is 0 Å². The molecule has 1 amide bonds. The summed E-state index contributed by atoms with van der Waals surface area (Å²) in [5.74, 6) is -0.133. The number of hydrogen-bond acceptors (Lipinski definition) is 3. The molecule has 0 spiro atoms. The molecule has 0 aliphatic heterocycles. The van der Waals surface area contributed by atoms with Crippen LogP contribution in [0.5, 0.6) is 0 Å². The molecule has 4 rings (SSSR count). The first-order valence-corrected chi connectivity index (χ1v) is 7.93. The maximum absolute atomic E-state index is 12.6. The minimum Gasteiger partial charge on any atom is -0.348 e. The fourth-order valence-electron chi connectivity index (χ4n) is 3.37. The van der Waals surface area contributed by atoms with Crippen molar-refractivity contribution in [1.29, 1.82) is 0 Å². The molecule has 0 unspecified atom stereocenters. The summed E-state index contributed by atoms with van der Waals surface area (Å²) in [6.07, 6.45) is 6.07. The Bertz CT molecular complexity index is 964. The summed E-state index contributed by atoms with van der Waals surface area (Å²) in [6, 6.07) is 7.30. The number of carbonyl (C=O) groups excluding carboxylic acids is 1. The lowest BCUT2D eigenvalue weighted by atomic mass is 10.2. The number of rotatable bonds is 2. The highest BCUT2D eigenvalue weighted by Gasteiger charge is 2.22. The van der Waals surface area contributed by atoms with Crippen molar-refractivity contribution in [3.05, 3.63) is 46.5 Å². The lowest BCUT2D eigenvalue weighted by molar-refractivity contribution is 0.0930. The second kappa shape index (κ2) is 5.22. The molecule has 0 radical (unpaired) electrons. The Labute approximate surface area is 132 Å². The van der Waals surface area contributed by atoms with E-state index in [1.54, 1.807) is 36.0 Å². The zero-order valence-electron chi connectivity index (χ0n) is 13.0. The standard InChI is InChI=1S/C17H18N4O2/c1-20-13(16(22)18-11-6-2-3-7-11)10-12-15(20)19-14-8-4-5-9-21(14)17(12)23/h4-5,8-11H,2-3,6-7H2,1H3,(H,18,22). The van der Waals surface area contributed by atoms with Crippen LogP contribution in [0.3, 0.4) is 0 Å². The predicted molar refractivity (Wildman–Crippen MR) is 87.7 cm³/mol. The zero-order chi connectivity index (χ0) is 16.0. The molecule has 0 atom stereocenters. The minimum absolute atomic E-state index is 0.133. The summed E-state index contributed by atoms with van der Waals surface area (Å²) >= 11 is 0. The highest BCUT2D eigenvalue weighted by molar-refractivity contribution is 5.98. The van der Waals surface area contributed by atoms with E-state index in [0.717, 1.165) is 25.7 Å². The average Bonchev–Trinajstić information content (AvgIpc) is 3.17. The molecule has 1 aliphatic rings. The smallest absolute Gasteiger partial charge is 0.268 e. The zero-order valence-corrected chi connectivity index (χ0v) is 13.0. The quantitative estimate of drug-likeness (QED) is 0.785. The molecule has 3 aromatic heterocycles. The lowest BCUT2D eigenvalue weighted by Gasteiger charge is -2.12. The lowest BCUT2D eigenvalue weighted by Crippen LogP contribution is -2.33.